The first kappa shape index (κ1) is 15.2. The van der Waals surface area contributed by atoms with Crippen molar-refractivity contribution >= 4 is 24.2 Å². The number of amides is 2. The first-order chi connectivity index (χ1) is 6.95. The van der Waals surface area contributed by atoms with Gasteiger partial charge in [0.25, 0.3) is 0 Å². The van der Waals surface area contributed by atoms with Crippen LogP contribution in [0.1, 0.15) is 20.3 Å². The molecule has 16 heavy (non-hydrogen) atoms. The van der Waals surface area contributed by atoms with E-state index in [0.29, 0.717) is 17.9 Å². The van der Waals surface area contributed by atoms with Crippen LogP contribution in [0.5, 0.6) is 0 Å². The molecule has 0 saturated heterocycles. The highest BCUT2D eigenvalue weighted by Gasteiger charge is 2.45. The molecule has 0 radical (unpaired) electrons. The minimum atomic E-state index is -0.308. The normalized spacial score (nSPS) is 20.6. The van der Waals surface area contributed by atoms with Gasteiger partial charge in [0.1, 0.15) is 0 Å². The second-order valence-corrected chi connectivity index (χ2v) is 4.67. The molecule has 0 aromatic rings. The van der Waals surface area contributed by atoms with Crippen LogP contribution in [0.4, 0.5) is 0 Å². The van der Waals surface area contributed by atoms with Gasteiger partial charge in [-0.25, -0.2) is 0 Å². The fourth-order valence-electron chi connectivity index (χ4n) is 1.48. The number of carbonyl (C=O) groups excluding carboxylic acids is 2. The van der Waals surface area contributed by atoms with E-state index in [0.717, 1.165) is 6.42 Å². The van der Waals surface area contributed by atoms with Crippen molar-refractivity contribution in [3.63, 3.8) is 0 Å². The van der Waals surface area contributed by atoms with E-state index >= 15 is 0 Å². The predicted octanol–water partition coefficient (Wildman–Crippen LogP) is -0.355. The Kier molecular flexibility index (Phi) is 5.75. The lowest BCUT2D eigenvalue weighted by Gasteiger charge is -2.07. The van der Waals surface area contributed by atoms with Crippen molar-refractivity contribution in [3.8, 4) is 0 Å². The molecule has 1 rings (SSSR count). The quantitative estimate of drug-likeness (QED) is 0.623. The summed E-state index contributed by atoms with van der Waals surface area (Å²) in [4.78, 5) is 22.0. The van der Waals surface area contributed by atoms with Crippen LogP contribution in [-0.2, 0) is 9.59 Å². The highest BCUT2D eigenvalue weighted by molar-refractivity contribution is 5.85. The molecule has 1 atom stereocenters. The van der Waals surface area contributed by atoms with E-state index in [9.17, 15) is 9.59 Å². The van der Waals surface area contributed by atoms with Crippen LogP contribution in [0.3, 0.4) is 0 Å². The lowest BCUT2D eigenvalue weighted by molar-refractivity contribution is -0.125. The fourth-order valence-corrected chi connectivity index (χ4v) is 1.48. The van der Waals surface area contributed by atoms with Gasteiger partial charge in [0, 0.05) is 6.54 Å². The van der Waals surface area contributed by atoms with Gasteiger partial charge in [-0.1, -0.05) is 13.8 Å². The molecule has 0 aliphatic heterocycles. The molecule has 2 amide bonds. The second-order valence-electron chi connectivity index (χ2n) is 4.67. The van der Waals surface area contributed by atoms with Gasteiger partial charge in [0.15, 0.2) is 0 Å². The first-order valence-electron chi connectivity index (χ1n) is 5.19. The van der Waals surface area contributed by atoms with Crippen LogP contribution in [0.2, 0.25) is 0 Å². The van der Waals surface area contributed by atoms with Crippen molar-refractivity contribution in [2.75, 3.05) is 19.6 Å². The Morgan fingerprint density at radius 2 is 1.88 bits per heavy atom. The predicted molar refractivity (Wildman–Crippen MR) is 64.2 cm³/mol. The summed E-state index contributed by atoms with van der Waals surface area (Å²) in [5, 5.41) is 5.21. The zero-order valence-electron chi connectivity index (χ0n) is 9.71. The third-order valence-electron chi connectivity index (χ3n) is 2.89. The van der Waals surface area contributed by atoms with E-state index in [-0.39, 0.29) is 37.3 Å². The number of halogens is 1. The van der Waals surface area contributed by atoms with Crippen LogP contribution in [0.15, 0.2) is 0 Å². The molecule has 5 nitrogen and oxygen atoms in total. The SMILES string of the molecule is CC1(C)CC1CNC(=O)CNC(=O)CN.Cl. The Morgan fingerprint density at radius 3 is 2.31 bits per heavy atom. The fraction of sp³-hybridized carbons (Fsp3) is 0.800. The van der Waals surface area contributed by atoms with Crippen LogP contribution in [0, 0.1) is 11.3 Å². The van der Waals surface area contributed by atoms with Crippen LogP contribution >= 0.6 is 12.4 Å². The van der Waals surface area contributed by atoms with Crippen molar-refractivity contribution in [2.45, 2.75) is 20.3 Å². The molecular weight excluding hydrogens is 230 g/mol. The van der Waals surface area contributed by atoms with Gasteiger partial charge in [-0.2, -0.15) is 0 Å². The van der Waals surface area contributed by atoms with E-state index < -0.39 is 0 Å². The van der Waals surface area contributed by atoms with E-state index in [1.807, 2.05) is 0 Å². The van der Waals surface area contributed by atoms with Gasteiger partial charge in [0.2, 0.25) is 11.8 Å². The summed E-state index contributed by atoms with van der Waals surface area (Å²) in [7, 11) is 0. The smallest absolute Gasteiger partial charge is 0.239 e. The number of carbonyl (C=O) groups is 2. The summed E-state index contributed by atoms with van der Waals surface area (Å²) in [5.41, 5.74) is 5.45. The van der Waals surface area contributed by atoms with Crippen LogP contribution < -0.4 is 16.4 Å². The Labute approximate surface area is 102 Å². The second kappa shape index (κ2) is 6.06. The molecule has 6 heteroatoms. The lowest BCUT2D eigenvalue weighted by atomic mass is 10.1. The molecule has 0 bridgehead atoms. The molecule has 1 aliphatic carbocycles. The molecule has 0 aromatic carbocycles. The van der Waals surface area contributed by atoms with Crippen LogP contribution in [-0.4, -0.2) is 31.4 Å². The number of nitrogens with one attached hydrogen (secondary N) is 2. The number of nitrogens with two attached hydrogens (primary N) is 1. The molecule has 1 unspecified atom stereocenters. The van der Waals surface area contributed by atoms with E-state index in [1.165, 1.54) is 0 Å². The first-order valence-corrected chi connectivity index (χ1v) is 5.19. The summed E-state index contributed by atoms with van der Waals surface area (Å²) < 4.78 is 0. The summed E-state index contributed by atoms with van der Waals surface area (Å²) in [5.74, 6) is 0.114. The largest absolute Gasteiger partial charge is 0.354 e. The van der Waals surface area contributed by atoms with Crippen molar-refractivity contribution < 1.29 is 9.59 Å². The standard InChI is InChI=1S/C10H19N3O2.ClH/c1-10(2)3-7(10)5-12-9(15)6-13-8(14)4-11;/h7H,3-6,11H2,1-2H3,(H,12,15)(H,13,14);1H. The van der Waals surface area contributed by atoms with Crippen molar-refractivity contribution in [3.05, 3.63) is 0 Å². The molecule has 1 aliphatic rings. The number of hydrogen-bond donors (Lipinski definition) is 3. The van der Waals surface area contributed by atoms with E-state index in [4.69, 9.17) is 5.73 Å². The molecule has 0 heterocycles. The highest BCUT2D eigenvalue weighted by Crippen LogP contribution is 2.50. The Balaban J connectivity index is 0.00000225. The Morgan fingerprint density at radius 1 is 1.31 bits per heavy atom. The highest BCUT2D eigenvalue weighted by atomic mass is 35.5. The number of hydrogen-bond acceptors (Lipinski definition) is 3. The van der Waals surface area contributed by atoms with Gasteiger partial charge in [-0.15, -0.1) is 12.4 Å². The third kappa shape index (κ3) is 4.81. The average molecular weight is 250 g/mol. The molecule has 0 aromatic heterocycles. The Hall–Kier alpha value is -0.810. The number of rotatable bonds is 5. The van der Waals surface area contributed by atoms with Gasteiger partial charge in [-0.3, -0.25) is 9.59 Å². The summed E-state index contributed by atoms with van der Waals surface area (Å²) in [6.45, 7) is 5.00. The lowest BCUT2D eigenvalue weighted by Crippen LogP contribution is -2.40. The maximum absolute atomic E-state index is 11.2. The van der Waals surface area contributed by atoms with E-state index in [2.05, 4.69) is 24.5 Å². The maximum Gasteiger partial charge on any atom is 0.239 e. The van der Waals surface area contributed by atoms with Gasteiger partial charge in [0.05, 0.1) is 13.1 Å². The third-order valence-corrected chi connectivity index (χ3v) is 2.89. The molecule has 4 N–H and O–H groups in total. The summed E-state index contributed by atoms with van der Waals surface area (Å²) in [6, 6.07) is 0. The van der Waals surface area contributed by atoms with E-state index in [1.54, 1.807) is 0 Å². The molecule has 94 valence electrons. The van der Waals surface area contributed by atoms with Crippen LogP contribution in [0.25, 0.3) is 0 Å². The molecule has 0 spiro atoms. The summed E-state index contributed by atoms with van der Waals surface area (Å²) in [6.07, 6.45) is 1.16. The zero-order valence-corrected chi connectivity index (χ0v) is 10.5. The molecule has 1 fully saturated rings. The van der Waals surface area contributed by atoms with Gasteiger partial charge >= 0.3 is 0 Å². The molecular formula is C10H20ClN3O2. The maximum atomic E-state index is 11.2. The topological polar surface area (TPSA) is 84.2 Å². The Bertz CT molecular complexity index is 269. The minimum Gasteiger partial charge on any atom is -0.354 e. The molecule has 1 saturated carbocycles. The minimum absolute atomic E-state index is 0. The zero-order chi connectivity index (χ0) is 11.5. The van der Waals surface area contributed by atoms with Gasteiger partial charge < -0.3 is 16.4 Å². The van der Waals surface area contributed by atoms with Crippen molar-refractivity contribution in [2.24, 2.45) is 17.1 Å². The monoisotopic (exact) mass is 249 g/mol. The average Bonchev–Trinajstić information content (AvgIpc) is 2.79. The van der Waals surface area contributed by atoms with Gasteiger partial charge in [-0.05, 0) is 17.8 Å². The van der Waals surface area contributed by atoms with Crippen molar-refractivity contribution in [1.82, 2.24) is 10.6 Å². The summed E-state index contributed by atoms with van der Waals surface area (Å²) >= 11 is 0. The van der Waals surface area contributed by atoms with Crippen molar-refractivity contribution in [1.29, 1.82) is 0 Å².